The Hall–Kier alpha value is -1.93. The van der Waals surface area contributed by atoms with Gasteiger partial charge in [-0.3, -0.25) is 0 Å². The van der Waals surface area contributed by atoms with Gasteiger partial charge in [0.1, 0.15) is 5.82 Å². The molecule has 0 saturated carbocycles. The van der Waals surface area contributed by atoms with Crippen molar-refractivity contribution >= 4 is 28.0 Å². The van der Waals surface area contributed by atoms with Gasteiger partial charge in [-0.05, 0) is 28.1 Å². The smallest absolute Gasteiger partial charge is 0.219 e. The third-order valence-corrected chi connectivity index (χ3v) is 3.50. The number of hydrogen-bond acceptors (Lipinski definition) is 5. The fourth-order valence-corrected chi connectivity index (χ4v) is 2.67. The Balaban J connectivity index is 2.03. The van der Waals surface area contributed by atoms with Gasteiger partial charge in [-0.2, -0.15) is 10.2 Å². The number of nitrogens with zero attached hydrogens (tertiary/aromatic N) is 6. The first-order valence-corrected chi connectivity index (χ1v) is 6.99. The predicted molar refractivity (Wildman–Crippen MR) is 79.9 cm³/mol. The van der Waals surface area contributed by atoms with Crippen LogP contribution in [0.3, 0.4) is 0 Å². The van der Waals surface area contributed by atoms with Gasteiger partial charge in [0.15, 0.2) is 0 Å². The van der Waals surface area contributed by atoms with Crippen molar-refractivity contribution in [1.82, 2.24) is 24.5 Å². The molecule has 8 heteroatoms. The summed E-state index contributed by atoms with van der Waals surface area (Å²) in [7, 11) is 0. The molecule has 0 bridgehead atoms. The van der Waals surface area contributed by atoms with E-state index in [1.54, 1.807) is 28.0 Å². The standard InChI is InChI=1S/C12H14BrN7/c13-10-9-15-12(20-7-2-5-17-20)18(8-3-14)11(10)19-6-1-4-16-19/h1-2,4-7,9,12H,3,8,14H2. The number of rotatable bonds is 4. The number of allylic oxidation sites excluding steroid dienone is 1. The van der Waals surface area contributed by atoms with Gasteiger partial charge in [-0.25, -0.2) is 14.4 Å². The van der Waals surface area contributed by atoms with Gasteiger partial charge >= 0.3 is 0 Å². The van der Waals surface area contributed by atoms with Crippen LogP contribution in [0.1, 0.15) is 6.29 Å². The highest BCUT2D eigenvalue weighted by Gasteiger charge is 2.27. The number of aliphatic imine (C=N–C) groups is 1. The molecule has 0 saturated heterocycles. The third kappa shape index (κ3) is 2.27. The van der Waals surface area contributed by atoms with E-state index < -0.39 is 0 Å². The molecular formula is C12H14BrN7. The average Bonchev–Trinajstić information content (AvgIpc) is 3.12. The molecule has 2 N–H and O–H groups in total. The minimum atomic E-state index is -0.256. The first-order valence-electron chi connectivity index (χ1n) is 6.20. The molecule has 104 valence electrons. The minimum Gasteiger partial charge on any atom is -0.329 e. The van der Waals surface area contributed by atoms with Gasteiger partial charge in [0.05, 0.1) is 4.48 Å². The van der Waals surface area contributed by atoms with Gasteiger partial charge in [-0.15, -0.1) is 0 Å². The summed E-state index contributed by atoms with van der Waals surface area (Å²) in [6.45, 7) is 1.16. The van der Waals surface area contributed by atoms with Crippen molar-refractivity contribution in [2.24, 2.45) is 10.7 Å². The van der Waals surface area contributed by atoms with E-state index in [4.69, 9.17) is 5.73 Å². The summed E-state index contributed by atoms with van der Waals surface area (Å²) < 4.78 is 4.44. The molecule has 0 radical (unpaired) electrons. The molecule has 2 aromatic rings. The van der Waals surface area contributed by atoms with Crippen LogP contribution in [0, 0.1) is 0 Å². The average molecular weight is 336 g/mol. The SMILES string of the molecule is NCCN1C(n2cccn2)=C(Br)C=NC1n1cccn1. The van der Waals surface area contributed by atoms with Gasteiger partial charge < -0.3 is 10.6 Å². The maximum Gasteiger partial charge on any atom is 0.219 e. The highest BCUT2D eigenvalue weighted by molar-refractivity contribution is 9.12. The Morgan fingerprint density at radius 1 is 1.20 bits per heavy atom. The molecule has 0 spiro atoms. The molecule has 0 amide bonds. The lowest BCUT2D eigenvalue weighted by Crippen LogP contribution is -2.38. The second-order valence-electron chi connectivity index (χ2n) is 4.21. The van der Waals surface area contributed by atoms with E-state index in [-0.39, 0.29) is 6.29 Å². The van der Waals surface area contributed by atoms with E-state index in [2.05, 4.69) is 36.0 Å². The van der Waals surface area contributed by atoms with Crippen LogP contribution < -0.4 is 5.73 Å². The van der Waals surface area contributed by atoms with Crippen molar-refractivity contribution in [3.8, 4) is 0 Å². The quantitative estimate of drug-likeness (QED) is 0.907. The zero-order valence-electron chi connectivity index (χ0n) is 10.7. The van der Waals surface area contributed by atoms with E-state index in [1.165, 1.54) is 0 Å². The van der Waals surface area contributed by atoms with Gasteiger partial charge in [0.25, 0.3) is 0 Å². The molecule has 20 heavy (non-hydrogen) atoms. The lowest BCUT2D eigenvalue weighted by molar-refractivity contribution is 0.203. The van der Waals surface area contributed by atoms with Crippen molar-refractivity contribution in [3.63, 3.8) is 0 Å². The molecule has 7 nitrogen and oxygen atoms in total. The molecular weight excluding hydrogens is 322 g/mol. The van der Waals surface area contributed by atoms with Crippen LogP contribution in [-0.4, -0.2) is 43.8 Å². The Morgan fingerprint density at radius 2 is 2.00 bits per heavy atom. The zero-order valence-corrected chi connectivity index (χ0v) is 12.3. The molecule has 0 fully saturated rings. The van der Waals surface area contributed by atoms with E-state index in [1.807, 2.05) is 24.5 Å². The fraction of sp³-hybridized carbons (Fsp3) is 0.250. The first kappa shape index (κ1) is 13.1. The Kier molecular flexibility index (Phi) is 3.66. The van der Waals surface area contributed by atoms with Gasteiger partial charge in [0.2, 0.25) is 6.29 Å². The Labute approximate surface area is 124 Å². The lowest BCUT2D eigenvalue weighted by atomic mass is 10.4. The van der Waals surface area contributed by atoms with Crippen molar-refractivity contribution in [3.05, 3.63) is 41.4 Å². The highest BCUT2D eigenvalue weighted by atomic mass is 79.9. The summed E-state index contributed by atoms with van der Waals surface area (Å²) >= 11 is 3.53. The molecule has 1 atom stereocenters. The molecule has 1 aliphatic rings. The summed E-state index contributed by atoms with van der Waals surface area (Å²) in [4.78, 5) is 6.57. The topological polar surface area (TPSA) is 77.3 Å². The normalized spacial score (nSPS) is 18.9. The molecule has 1 aliphatic heterocycles. The third-order valence-electron chi connectivity index (χ3n) is 2.94. The number of nitrogens with two attached hydrogens (primary N) is 1. The summed E-state index contributed by atoms with van der Waals surface area (Å²) in [6, 6.07) is 3.75. The van der Waals surface area contributed by atoms with Crippen LogP contribution >= 0.6 is 15.9 Å². The summed E-state index contributed by atoms with van der Waals surface area (Å²) in [6.07, 6.45) is 8.76. The summed E-state index contributed by atoms with van der Waals surface area (Å²) in [5.74, 6) is 0.899. The van der Waals surface area contributed by atoms with E-state index in [0.717, 1.165) is 10.3 Å². The van der Waals surface area contributed by atoms with Crippen molar-refractivity contribution in [2.75, 3.05) is 13.1 Å². The van der Waals surface area contributed by atoms with E-state index in [0.29, 0.717) is 13.1 Å². The zero-order chi connectivity index (χ0) is 13.9. The fourth-order valence-electron chi connectivity index (χ4n) is 2.14. The van der Waals surface area contributed by atoms with Crippen molar-refractivity contribution < 1.29 is 0 Å². The maximum atomic E-state index is 5.75. The minimum absolute atomic E-state index is 0.256. The number of halogens is 1. The van der Waals surface area contributed by atoms with Crippen LogP contribution in [0.2, 0.25) is 0 Å². The second kappa shape index (κ2) is 5.59. The molecule has 0 aliphatic carbocycles. The van der Waals surface area contributed by atoms with Crippen LogP contribution in [0.5, 0.6) is 0 Å². The summed E-state index contributed by atoms with van der Waals surface area (Å²) in [5, 5.41) is 8.56. The van der Waals surface area contributed by atoms with Crippen molar-refractivity contribution in [2.45, 2.75) is 6.29 Å². The summed E-state index contributed by atoms with van der Waals surface area (Å²) in [5.41, 5.74) is 5.75. The van der Waals surface area contributed by atoms with Crippen LogP contribution in [-0.2, 0) is 0 Å². The van der Waals surface area contributed by atoms with E-state index in [9.17, 15) is 0 Å². The lowest BCUT2D eigenvalue weighted by Gasteiger charge is -2.35. The Bertz CT molecular complexity index is 614. The van der Waals surface area contributed by atoms with Crippen LogP contribution in [0.25, 0.3) is 5.82 Å². The van der Waals surface area contributed by atoms with Gasteiger partial charge in [-0.1, -0.05) is 0 Å². The molecule has 3 heterocycles. The van der Waals surface area contributed by atoms with E-state index >= 15 is 0 Å². The first-order chi connectivity index (χ1) is 9.81. The Morgan fingerprint density at radius 3 is 2.65 bits per heavy atom. The molecule has 0 aromatic carbocycles. The molecule has 3 rings (SSSR count). The molecule has 2 aromatic heterocycles. The monoisotopic (exact) mass is 335 g/mol. The number of hydrogen-bond donors (Lipinski definition) is 1. The second-order valence-corrected chi connectivity index (χ2v) is 5.07. The number of aromatic nitrogens is 4. The van der Waals surface area contributed by atoms with Gasteiger partial charge in [0, 0.05) is 44.1 Å². The van der Waals surface area contributed by atoms with Crippen LogP contribution in [0.4, 0.5) is 0 Å². The molecule has 1 unspecified atom stereocenters. The largest absolute Gasteiger partial charge is 0.329 e. The highest BCUT2D eigenvalue weighted by Crippen LogP contribution is 2.30. The predicted octanol–water partition coefficient (Wildman–Crippen LogP) is 1.10. The maximum absolute atomic E-state index is 5.75. The van der Waals surface area contributed by atoms with Crippen molar-refractivity contribution in [1.29, 1.82) is 0 Å². The van der Waals surface area contributed by atoms with Crippen LogP contribution in [0.15, 0.2) is 46.4 Å².